The Balaban J connectivity index is 3.51. The van der Waals surface area contributed by atoms with E-state index in [-0.39, 0.29) is 22.7 Å². The minimum Gasteiger partial charge on any atom is -0.478 e. The quantitative estimate of drug-likeness (QED) is 0.640. The molecule has 4 N–H and O–H groups in total. The van der Waals surface area contributed by atoms with Crippen LogP contribution in [-0.4, -0.2) is 26.8 Å². The van der Waals surface area contributed by atoms with E-state index in [1.165, 1.54) is 0 Å². The number of carboxylic acid groups (broad SMARTS) is 2. The van der Waals surface area contributed by atoms with Crippen LogP contribution < -0.4 is 5.84 Å². The SMILES string of the molecule is CC(C)c1c(C(=O)O)cn(N)c1C(=O)O. The number of aromatic carboxylic acids is 2. The Morgan fingerprint density at radius 3 is 2.20 bits per heavy atom. The van der Waals surface area contributed by atoms with Crippen LogP contribution in [0.25, 0.3) is 0 Å². The van der Waals surface area contributed by atoms with Gasteiger partial charge < -0.3 is 16.1 Å². The van der Waals surface area contributed by atoms with E-state index in [1.807, 2.05) is 0 Å². The van der Waals surface area contributed by atoms with Crippen molar-refractivity contribution < 1.29 is 19.8 Å². The highest BCUT2D eigenvalue weighted by Gasteiger charge is 2.25. The summed E-state index contributed by atoms with van der Waals surface area (Å²) in [4.78, 5) is 21.7. The van der Waals surface area contributed by atoms with Crippen LogP contribution in [0, 0.1) is 0 Å². The van der Waals surface area contributed by atoms with Crippen molar-refractivity contribution in [2.45, 2.75) is 19.8 Å². The second-order valence-electron chi connectivity index (χ2n) is 3.48. The minimum atomic E-state index is -1.23. The smallest absolute Gasteiger partial charge is 0.354 e. The molecular formula is C9H12N2O4. The van der Waals surface area contributed by atoms with Gasteiger partial charge in [0, 0.05) is 11.8 Å². The molecule has 1 heterocycles. The molecule has 6 heteroatoms. The van der Waals surface area contributed by atoms with E-state index in [4.69, 9.17) is 16.1 Å². The van der Waals surface area contributed by atoms with Gasteiger partial charge in [0.15, 0.2) is 5.69 Å². The van der Waals surface area contributed by atoms with Crippen molar-refractivity contribution in [2.24, 2.45) is 0 Å². The number of carboxylic acids is 2. The van der Waals surface area contributed by atoms with Crippen LogP contribution in [0.1, 0.15) is 46.2 Å². The molecule has 0 atom stereocenters. The highest BCUT2D eigenvalue weighted by atomic mass is 16.4. The summed E-state index contributed by atoms with van der Waals surface area (Å²) in [7, 11) is 0. The monoisotopic (exact) mass is 212 g/mol. The number of carbonyl (C=O) groups is 2. The molecule has 0 spiro atoms. The number of nitrogens with two attached hydrogens (primary N) is 1. The highest BCUT2D eigenvalue weighted by molar-refractivity contribution is 5.96. The molecule has 6 nitrogen and oxygen atoms in total. The van der Waals surface area contributed by atoms with Crippen LogP contribution in [0.15, 0.2) is 6.20 Å². The van der Waals surface area contributed by atoms with Gasteiger partial charge in [0.25, 0.3) is 0 Å². The second-order valence-corrected chi connectivity index (χ2v) is 3.48. The normalized spacial score (nSPS) is 10.6. The van der Waals surface area contributed by atoms with Crippen LogP contribution in [0.4, 0.5) is 0 Å². The Morgan fingerprint density at radius 1 is 1.33 bits per heavy atom. The predicted octanol–water partition coefficient (Wildman–Crippen LogP) is 0.722. The van der Waals surface area contributed by atoms with Gasteiger partial charge in [-0.1, -0.05) is 13.8 Å². The number of hydrogen-bond acceptors (Lipinski definition) is 3. The maximum atomic E-state index is 10.9. The molecule has 0 aliphatic carbocycles. The lowest BCUT2D eigenvalue weighted by Crippen LogP contribution is -2.16. The molecule has 1 rings (SSSR count). The zero-order chi connectivity index (χ0) is 11.7. The summed E-state index contributed by atoms with van der Waals surface area (Å²) in [6.45, 7) is 3.43. The third kappa shape index (κ3) is 1.78. The van der Waals surface area contributed by atoms with E-state index in [2.05, 4.69) is 0 Å². The second kappa shape index (κ2) is 3.64. The van der Waals surface area contributed by atoms with Gasteiger partial charge in [-0.3, -0.25) is 4.68 Å². The van der Waals surface area contributed by atoms with Crippen LogP contribution in [0.2, 0.25) is 0 Å². The topological polar surface area (TPSA) is 106 Å². The molecule has 1 aromatic heterocycles. The van der Waals surface area contributed by atoms with Gasteiger partial charge >= 0.3 is 11.9 Å². The number of nitrogens with zero attached hydrogens (tertiary/aromatic N) is 1. The van der Waals surface area contributed by atoms with E-state index in [9.17, 15) is 9.59 Å². The molecule has 0 unspecified atom stereocenters. The first-order valence-corrected chi connectivity index (χ1v) is 4.33. The average molecular weight is 212 g/mol. The number of hydrogen-bond donors (Lipinski definition) is 3. The lowest BCUT2D eigenvalue weighted by Gasteiger charge is -2.06. The summed E-state index contributed by atoms with van der Waals surface area (Å²) < 4.78 is 0.834. The van der Waals surface area contributed by atoms with Gasteiger partial charge in [0.2, 0.25) is 0 Å². The molecule has 0 amide bonds. The Morgan fingerprint density at radius 2 is 1.87 bits per heavy atom. The fourth-order valence-electron chi connectivity index (χ4n) is 1.52. The van der Waals surface area contributed by atoms with Crippen molar-refractivity contribution in [1.29, 1.82) is 0 Å². The molecule has 15 heavy (non-hydrogen) atoms. The van der Waals surface area contributed by atoms with Gasteiger partial charge in [0.05, 0.1) is 5.56 Å². The van der Waals surface area contributed by atoms with E-state index in [1.54, 1.807) is 13.8 Å². The van der Waals surface area contributed by atoms with Crippen molar-refractivity contribution in [3.63, 3.8) is 0 Å². The number of rotatable bonds is 3. The van der Waals surface area contributed by atoms with Gasteiger partial charge in [-0.05, 0) is 5.92 Å². The summed E-state index contributed by atoms with van der Waals surface area (Å²) in [6, 6.07) is 0. The van der Waals surface area contributed by atoms with Crippen LogP contribution in [-0.2, 0) is 0 Å². The Labute approximate surface area is 85.9 Å². The third-order valence-corrected chi connectivity index (χ3v) is 2.08. The standard InChI is InChI=1S/C9H12N2O4/c1-4(2)6-5(8(12)13)3-11(10)7(6)9(14)15/h3-4H,10H2,1-2H3,(H,12,13)(H,14,15). The molecule has 82 valence electrons. The van der Waals surface area contributed by atoms with Crippen molar-refractivity contribution in [2.75, 3.05) is 5.84 Å². The molecule has 0 saturated heterocycles. The Kier molecular flexibility index (Phi) is 2.69. The predicted molar refractivity (Wildman–Crippen MR) is 52.6 cm³/mol. The lowest BCUT2D eigenvalue weighted by atomic mass is 9.99. The summed E-state index contributed by atoms with van der Waals surface area (Å²) in [5.41, 5.74) is 0.00444. The third-order valence-electron chi connectivity index (χ3n) is 2.08. The first-order chi connectivity index (χ1) is 6.86. The van der Waals surface area contributed by atoms with Crippen molar-refractivity contribution >= 4 is 11.9 Å². The van der Waals surface area contributed by atoms with Crippen LogP contribution >= 0.6 is 0 Å². The Hall–Kier alpha value is -1.98. The molecule has 0 aliphatic heterocycles. The van der Waals surface area contributed by atoms with Crippen LogP contribution in [0.5, 0.6) is 0 Å². The summed E-state index contributed by atoms with van der Waals surface area (Å²) in [6.07, 6.45) is 1.11. The van der Waals surface area contributed by atoms with Crippen LogP contribution in [0.3, 0.4) is 0 Å². The molecule has 0 aliphatic rings. The summed E-state index contributed by atoms with van der Waals surface area (Å²) >= 11 is 0. The van der Waals surface area contributed by atoms with Gasteiger partial charge in [0.1, 0.15) is 0 Å². The maximum Gasteiger partial charge on any atom is 0.354 e. The van der Waals surface area contributed by atoms with E-state index < -0.39 is 11.9 Å². The molecular weight excluding hydrogens is 200 g/mol. The van der Waals surface area contributed by atoms with Crippen molar-refractivity contribution in [1.82, 2.24) is 4.68 Å². The minimum absolute atomic E-state index is 0.0649. The molecule has 0 bridgehead atoms. The fraction of sp³-hybridized carbons (Fsp3) is 0.333. The number of aromatic nitrogens is 1. The summed E-state index contributed by atoms with van der Waals surface area (Å²) in [5.74, 6) is 2.77. The van der Waals surface area contributed by atoms with Gasteiger partial charge in [-0.25, -0.2) is 9.59 Å². The molecule has 0 saturated carbocycles. The number of nitrogen functional groups attached to an aromatic ring is 1. The van der Waals surface area contributed by atoms with Gasteiger partial charge in [-0.2, -0.15) is 0 Å². The fourth-order valence-corrected chi connectivity index (χ4v) is 1.52. The molecule has 1 aromatic rings. The van der Waals surface area contributed by atoms with E-state index >= 15 is 0 Å². The molecule has 0 aromatic carbocycles. The summed E-state index contributed by atoms with van der Waals surface area (Å²) in [5, 5.41) is 17.8. The first-order valence-electron chi connectivity index (χ1n) is 4.33. The maximum absolute atomic E-state index is 10.9. The zero-order valence-electron chi connectivity index (χ0n) is 8.39. The first kappa shape index (κ1) is 11.1. The van der Waals surface area contributed by atoms with E-state index in [0.717, 1.165) is 10.9 Å². The molecule has 0 fully saturated rings. The zero-order valence-corrected chi connectivity index (χ0v) is 8.39. The Bertz CT molecular complexity index is 420. The average Bonchev–Trinajstić information content (AvgIpc) is 2.42. The van der Waals surface area contributed by atoms with Crippen molar-refractivity contribution in [3.8, 4) is 0 Å². The van der Waals surface area contributed by atoms with E-state index in [0.29, 0.717) is 0 Å². The largest absolute Gasteiger partial charge is 0.478 e. The van der Waals surface area contributed by atoms with Gasteiger partial charge in [-0.15, -0.1) is 0 Å². The van der Waals surface area contributed by atoms with Crippen molar-refractivity contribution in [3.05, 3.63) is 23.0 Å². The highest BCUT2D eigenvalue weighted by Crippen LogP contribution is 2.24. The lowest BCUT2D eigenvalue weighted by molar-refractivity contribution is 0.0684. The molecule has 0 radical (unpaired) electrons.